The van der Waals surface area contributed by atoms with Gasteiger partial charge in [-0.05, 0) is 12.0 Å². The van der Waals surface area contributed by atoms with Crippen molar-refractivity contribution >= 4 is 5.84 Å². The molecule has 0 saturated carbocycles. The molecule has 0 radical (unpaired) electrons. The Labute approximate surface area is 82.7 Å². The minimum atomic E-state index is 0.0913. The van der Waals surface area contributed by atoms with E-state index in [1.54, 1.807) is 6.07 Å². The van der Waals surface area contributed by atoms with Crippen LogP contribution in [0.3, 0.4) is 0 Å². The molecule has 0 unspecified atom stereocenters. The minimum Gasteiger partial charge on any atom is -0.507 e. The van der Waals surface area contributed by atoms with Crippen LogP contribution in [0, 0.1) is 0 Å². The molecule has 1 aromatic carbocycles. The molecule has 4 N–H and O–H groups in total. The number of oxime groups is 1. The third-order valence-electron chi connectivity index (χ3n) is 2.08. The van der Waals surface area contributed by atoms with Crippen molar-refractivity contribution in [2.24, 2.45) is 10.9 Å². The zero-order valence-corrected chi connectivity index (χ0v) is 8.07. The Morgan fingerprint density at radius 3 is 2.64 bits per heavy atom. The monoisotopic (exact) mass is 194 g/mol. The molecule has 0 heterocycles. The van der Waals surface area contributed by atoms with Gasteiger partial charge in [0.15, 0.2) is 0 Å². The van der Waals surface area contributed by atoms with Crippen LogP contribution >= 0.6 is 0 Å². The summed E-state index contributed by atoms with van der Waals surface area (Å²) in [7, 11) is 0. The van der Waals surface area contributed by atoms with Gasteiger partial charge in [-0.1, -0.05) is 30.3 Å². The van der Waals surface area contributed by atoms with Gasteiger partial charge in [-0.25, -0.2) is 0 Å². The second-order valence-electron chi connectivity index (χ2n) is 3.05. The number of nitrogens with zero attached hydrogens (tertiary/aromatic N) is 1. The Hall–Kier alpha value is -1.71. The van der Waals surface area contributed by atoms with Crippen LogP contribution in [0.25, 0.3) is 0 Å². The number of aryl methyl sites for hydroxylation is 1. The molecular formula is C10H14N2O2. The quantitative estimate of drug-likeness (QED) is 0.293. The van der Waals surface area contributed by atoms with E-state index in [0.717, 1.165) is 12.0 Å². The summed E-state index contributed by atoms with van der Waals surface area (Å²) in [5, 5.41) is 21.0. The number of rotatable bonds is 3. The molecule has 0 aliphatic carbocycles. The maximum Gasteiger partial charge on any atom is 0.143 e. The molecule has 0 fully saturated rings. The average Bonchev–Trinajstić information content (AvgIpc) is 2.21. The normalized spacial score (nSPS) is 11.6. The Morgan fingerprint density at radius 2 is 2.07 bits per heavy atom. The molecule has 0 spiro atoms. The largest absolute Gasteiger partial charge is 0.507 e. The van der Waals surface area contributed by atoms with Gasteiger partial charge in [0.05, 0.1) is 0 Å². The van der Waals surface area contributed by atoms with Crippen LogP contribution in [0.5, 0.6) is 5.75 Å². The van der Waals surface area contributed by atoms with Gasteiger partial charge in [0.2, 0.25) is 0 Å². The Balaban J connectivity index is 2.98. The van der Waals surface area contributed by atoms with E-state index in [2.05, 4.69) is 5.16 Å². The summed E-state index contributed by atoms with van der Waals surface area (Å²) in [5.41, 5.74) is 6.90. The summed E-state index contributed by atoms with van der Waals surface area (Å²) >= 11 is 0. The van der Waals surface area contributed by atoms with Gasteiger partial charge in [0.1, 0.15) is 11.6 Å². The lowest BCUT2D eigenvalue weighted by Gasteiger charge is -2.07. The van der Waals surface area contributed by atoms with E-state index in [4.69, 9.17) is 10.9 Å². The summed E-state index contributed by atoms with van der Waals surface area (Å²) in [6.45, 7) is 1.96. The maximum absolute atomic E-state index is 9.74. The molecule has 14 heavy (non-hydrogen) atoms. The van der Waals surface area contributed by atoms with Gasteiger partial charge >= 0.3 is 0 Å². The second kappa shape index (κ2) is 4.50. The van der Waals surface area contributed by atoms with Crippen molar-refractivity contribution in [1.29, 1.82) is 0 Å². The average molecular weight is 194 g/mol. The highest BCUT2D eigenvalue weighted by Gasteiger charge is 2.06. The first-order valence-corrected chi connectivity index (χ1v) is 4.45. The molecular weight excluding hydrogens is 180 g/mol. The van der Waals surface area contributed by atoms with E-state index in [-0.39, 0.29) is 18.0 Å². The van der Waals surface area contributed by atoms with Crippen molar-refractivity contribution in [1.82, 2.24) is 0 Å². The predicted octanol–water partition coefficient (Wildman–Crippen LogP) is 1.24. The fourth-order valence-corrected chi connectivity index (χ4v) is 1.30. The van der Waals surface area contributed by atoms with E-state index >= 15 is 0 Å². The summed E-state index contributed by atoms with van der Waals surface area (Å²) in [4.78, 5) is 0. The molecule has 1 aromatic rings. The fourth-order valence-electron chi connectivity index (χ4n) is 1.30. The number of para-hydroxylation sites is 1. The molecule has 4 heteroatoms. The van der Waals surface area contributed by atoms with E-state index in [1.807, 2.05) is 19.1 Å². The molecule has 0 saturated heterocycles. The Kier molecular flexibility index (Phi) is 3.34. The van der Waals surface area contributed by atoms with Crippen molar-refractivity contribution in [3.05, 3.63) is 29.3 Å². The lowest BCUT2D eigenvalue weighted by molar-refractivity contribution is 0.317. The van der Waals surface area contributed by atoms with E-state index in [0.29, 0.717) is 5.56 Å². The second-order valence-corrected chi connectivity index (χ2v) is 3.05. The van der Waals surface area contributed by atoms with Crippen LogP contribution < -0.4 is 5.73 Å². The number of hydrogen-bond acceptors (Lipinski definition) is 3. The molecule has 0 amide bonds. The zero-order chi connectivity index (χ0) is 10.6. The summed E-state index contributed by atoms with van der Waals surface area (Å²) < 4.78 is 0. The van der Waals surface area contributed by atoms with Gasteiger partial charge < -0.3 is 16.0 Å². The standard InChI is InChI=1S/C10H14N2O2/c1-2-7-4-3-5-8(10(7)13)6-9(11)12-14/h3-5,13-14H,2,6H2,1H3,(H2,11,12). The molecule has 0 aliphatic heterocycles. The molecule has 0 aliphatic rings. The first-order valence-electron chi connectivity index (χ1n) is 4.45. The molecule has 0 bridgehead atoms. The van der Waals surface area contributed by atoms with Crippen LogP contribution in [-0.4, -0.2) is 16.1 Å². The van der Waals surface area contributed by atoms with Gasteiger partial charge in [-0.2, -0.15) is 0 Å². The number of hydrogen-bond donors (Lipinski definition) is 3. The third kappa shape index (κ3) is 2.16. The van der Waals surface area contributed by atoms with Crippen molar-refractivity contribution in [2.45, 2.75) is 19.8 Å². The first kappa shape index (κ1) is 10.4. The van der Waals surface area contributed by atoms with Crippen LogP contribution in [-0.2, 0) is 12.8 Å². The van der Waals surface area contributed by atoms with Crippen molar-refractivity contribution in [3.8, 4) is 5.75 Å². The van der Waals surface area contributed by atoms with Gasteiger partial charge in [-0.3, -0.25) is 0 Å². The van der Waals surface area contributed by atoms with Gasteiger partial charge in [0, 0.05) is 12.0 Å². The van der Waals surface area contributed by atoms with Crippen LogP contribution in [0.2, 0.25) is 0 Å². The number of aromatic hydroxyl groups is 1. The lowest BCUT2D eigenvalue weighted by atomic mass is 10.0. The third-order valence-corrected chi connectivity index (χ3v) is 2.08. The predicted molar refractivity (Wildman–Crippen MR) is 54.6 cm³/mol. The molecule has 0 atom stereocenters. The van der Waals surface area contributed by atoms with Crippen molar-refractivity contribution < 1.29 is 10.3 Å². The van der Waals surface area contributed by atoms with E-state index < -0.39 is 0 Å². The Morgan fingerprint density at radius 1 is 1.43 bits per heavy atom. The van der Waals surface area contributed by atoms with Crippen LogP contribution in [0.1, 0.15) is 18.1 Å². The number of nitrogens with two attached hydrogens (primary N) is 1. The van der Waals surface area contributed by atoms with Crippen LogP contribution in [0.4, 0.5) is 0 Å². The van der Waals surface area contributed by atoms with Crippen LogP contribution in [0.15, 0.2) is 23.4 Å². The summed E-state index contributed by atoms with van der Waals surface area (Å²) in [6.07, 6.45) is 1.02. The van der Waals surface area contributed by atoms with Gasteiger partial charge in [0.25, 0.3) is 0 Å². The minimum absolute atomic E-state index is 0.0913. The highest BCUT2D eigenvalue weighted by atomic mass is 16.4. The Bertz CT molecular complexity index is 348. The van der Waals surface area contributed by atoms with E-state index in [1.165, 1.54) is 0 Å². The SMILES string of the molecule is CCc1cccc(C/C(N)=N/O)c1O. The number of amidine groups is 1. The highest BCUT2D eigenvalue weighted by Crippen LogP contribution is 2.23. The number of phenols is 1. The number of benzene rings is 1. The molecule has 1 rings (SSSR count). The van der Waals surface area contributed by atoms with Crippen molar-refractivity contribution in [2.75, 3.05) is 0 Å². The first-order chi connectivity index (χ1) is 6.69. The zero-order valence-electron chi connectivity index (χ0n) is 8.07. The smallest absolute Gasteiger partial charge is 0.143 e. The molecule has 0 aromatic heterocycles. The van der Waals surface area contributed by atoms with E-state index in [9.17, 15) is 5.11 Å². The summed E-state index contributed by atoms with van der Waals surface area (Å²) in [6, 6.07) is 5.45. The fraction of sp³-hybridized carbons (Fsp3) is 0.300. The number of phenolic OH excluding ortho intramolecular Hbond substituents is 1. The highest BCUT2D eigenvalue weighted by molar-refractivity contribution is 5.82. The van der Waals surface area contributed by atoms with Crippen molar-refractivity contribution in [3.63, 3.8) is 0 Å². The lowest BCUT2D eigenvalue weighted by Crippen LogP contribution is -2.14. The van der Waals surface area contributed by atoms with Gasteiger partial charge in [-0.15, -0.1) is 0 Å². The summed E-state index contributed by atoms with van der Waals surface area (Å²) in [5.74, 6) is 0.329. The topological polar surface area (TPSA) is 78.8 Å². The molecule has 76 valence electrons. The maximum atomic E-state index is 9.74. The molecule has 4 nitrogen and oxygen atoms in total.